The maximum Gasteiger partial charge on any atom is 0.393 e. The smallest absolute Gasteiger partial charge is 0.337 e. The summed E-state index contributed by atoms with van der Waals surface area (Å²) >= 11 is 1.33. The summed E-state index contributed by atoms with van der Waals surface area (Å²) in [5, 5.41) is 2.33. The molecule has 0 saturated carbocycles. The van der Waals surface area contributed by atoms with Crippen LogP contribution in [0.1, 0.15) is 35.8 Å². The maximum absolute atomic E-state index is 12.9. The normalized spacial score (nSPS) is 18.4. The predicted molar refractivity (Wildman–Crippen MR) is 91.6 cm³/mol. The van der Waals surface area contributed by atoms with Crippen molar-refractivity contribution in [2.24, 2.45) is 5.92 Å². The van der Waals surface area contributed by atoms with E-state index in [9.17, 15) is 18.0 Å². The summed E-state index contributed by atoms with van der Waals surface area (Å²) in [5.74, 6) is -1.86. The molecular formula is C18H19F3N2OS. The van der Waals surface area contributed by atoms with E-state index >= 15 is 0 Å². The number of hydrogen-bond acceptors (Lipinski definition) is 3. The van der Waals surface area contributed by atoms with E-state index in [4.69, 9.17) is 0 Å². The van der Waals surface area contributed by atoms with Crippen LogP contribution in [-0.2, 0) is 6.42 Å². The van der Waals surface area contributed by atoms with Crippen LogP contribution in [0, 0.1) is 5.92 Å². The van der Waals surface area contributed by atoms with Crippen LogP contribution in [0.2, 0.25) is 0 Å². The fraction of sp³-hybridized carbons (Fsp3) is 0.444. The Morgan fingerprint density at radius 1 is 1.32 bits per heavy atom. The van der Waals surface area contributed by atoms with Crippen molar-refractivity contribution in [3.63, 3.8) is 0 Å². The van der Waals surface area contributed by atoms with Crippen molar-refractivity contribution in [2.45, 2.75) is 32.4 Å². The Balaban J connectivity index is 1.73. The molecule has 1 aromatic heterocycles. The highest BCUT2D eigenvalue weighted by atomic mass is 32.1. The molecule has 0 unspecified atom stereocenters. The number of aryl methyl sites for hydroxylation is 1. The van der Waals surface area contributed by atoms with E-state index in [0.717, 1.165) is 12.0 Å². The summed E-state index contributed by atoms with van der Waals surface area (Å²) in [6.07, 6.45) is -2.87. The molecule has 1 atom stereocenters. The summed E-state index contributed by atoms with van der Waals surface area (Å²) in [6.45, 7) is 2.14. The SMILES string of the molecule is CCc1ccc(-c2nc(C(=O)N3CCC[C@@H](C(F)(F)F)C3)cs2)cc1. The molecule has 0 N–H and O–H groups in total. The minimum atomic E-state index is -4.26. The number of halogens is 3. The lowest BCUT2D eigenvalue weighted by molar-refractivity contribution is -0.184. The van der Waals surface area contributed by atoms with Gasteiger partial charge in [0.05, 0.1) is 5.92 Å². The molecule has 1 fully saturated rings. The van der Waals surface area contributed by atoms with Gasteiger partial charge in [-0.3, -0.25) is 4.79 Å². The number of piperidine rings is 1. The summed E-state index contributed by atoms with van der Waals surface area (Å²) in [7, 11) is 0. The first-order valence-corrected chi connectivity index (χ1v) is 9.17. The number of carbonyl (C=O) groups is 1. The molecule has 134 valence electrons. The lowest BCUT2D eigenvalue weighted by atomic mass is 9.97. The fourth-order valence-electron chi connectivity index (χ4n) is 2.98. The molecule has 1 aliphatic rings. The van der Waals surface area contributed by atoms with Gasteiger partial charge in [0.1, 0.15) is 10.7 Å². The second kappa shape index (κ2) is 7.15. The van der Waals surface area contributed by atoms with E-state index < -0.39 is 18.0 Å². The van der Waals surface area contributed by atoms with Crippen LogP contribution in [0.25, 0.3) is 10.6 Å². The Morgan fingerprint density at radius 3 is 2.68 bits per heavy atom. The molecule has 25 heavy (non-hydrogen) atoms. The zero-order valence-corrected chi connectivity index (χ0v) is 14.7. The highest BCUT2D eigenvalue weighted by Crippen LogP contribution is 2.34. The van der Waals surface area contributed by atoms with Gasteiger partial charge in [0.15, 0.2) is 0 Å². The van der Waals surface area contributed by atoms with Gasteiger partial charge < -0.3 is 4.90 Å². The number of alkyl halides is 3. The third kappa shape index (κ3) is 4.03. The number of nitrogens with zero attached hydrogens (tertiary/aromatic N) is 2. The standard InChI is InChI=1S/C18H19F3N2OS/c1-2-12-5-7-13(8-6-12)16-22-15(11-25-16)17(24)23-9-3-4-14(10-23)18(19,20)21/h5-8,11,14H,2-4,9-10H2,1H3/t14-/m1/s1. The van der Waals surface area contributed by atoms with Gasteiger partial charge in [-0.05, 0) is 24.8 Å². The van der Waals surface area contributed by atoms with Crippen molar-refractivity contribution >= 4 is 17.2 Å². The Kier molecular flexibility index (Phi) is 5.13. The van der Waals surface area contributed by atoms with Crippen LogP contribution in [0.4, 0.5) is 13.2 Å². The molecule has 1 aromatic carbocycles. The molecule has 1 saturated heterocycles. The van der Waals surface area contributed by atoms with Gasteiger partial charge in [-0.2, -0.15) is 13.2 Å². The third-order valence-corrected chi connectivity index (χ3v) is 5.40. The van der Waals surface area contributed by atoms with E-state index in [1.165, 1.54) is 21.8 Å². The number of likely N-dealkylation sites (tertiary alicyclic amines) is 1. The van der Waals surface area contributed by atoms with Crippen molar-refractivity contribution in [1.29, 1.82) is 0 Å². The van der Waals surface area contributed by atoms with Crippen LogP contribution < -0.4 is 0 Å². The summed E-state index contributed by atoms with van der Waals surface area (Å²) in [6, 6.07) is 7.92. The second-order valence-electron chi connectivity index (χ2n) is 6.22. The first-order valence-electron chi connectivity index (χ1n) is 8.29. The number of rotatable bonds is 3. The molecule has 3 rings (SSSR count). The third-order valence-electron chi connectivity index (χ3n) is 4.50. The van der Waals surface area contributed by atoms with Gasteiger partial charge in [-0.25, -0.2) is 4.98 Å². The Hall–Kier alpha value is -1.89. The molecule has 7 heteroatoms. The zero-order valence-electron chi connectivity index (χ0n) is 13.8. The number of hydrogen-bond donors (Lipinski definition) is 0. The summed E-state index contributed by atoms with van der Waals surface area (Å²) in [4.78, 5) is 18.1. The quantitative estimate of drug-likeness (QED) is 0.781. The minimum Gasteiger partial charge on any atom is -0.337 e. The van der Waals surface area contributed by atoms with Crippen LogP contribution in [-0.4, -0.2) is 35.1 Å². The molecule has 0 bridgehead atoms. The summed E-state index contributed by atoms with van der Waals surface area (Å²) < 4.78 is 38.7. The van der Waals surface area contributed by atoms with Crippen molar-refractivity contribution < 1.29 is 18.0 Å². The maximum atomic E-state index is 12.9. The molecular weight excluding hydrogens is 349 g/mol. The fourth-order valence-corrected chi connectivity index (χ4v) is 3.78. The topological polar surface area (TPSA) is 33.2 Å². The number of aromatic nitrogens is 1. The lowest BCUT2D eigenvalue weighted by Gasteiger charge is -2.33. The van der Waals surface area contributed by atoms with Crippen molar-refractivity contribution in [3.05, 3.63) is 40.9 Å². The average Bonchev–Trinajstić information content (AvgIpc) is 3.10. The molecule has 0 aliphatic carbocycles. The highest BCUT2D eigenvalue weighted by Gasteiger charge is 2.43. The van der Waals surface area contributed by atoms with Crippen molar-refractivity contribution in [1.82, 2.24) is 9.88 Å². The highest BCUT2D eigenvalue weighted by molar-refractivity contribution is 7.13. The Labute approximate surface area is 148 Å². The van der Waals surface area contributed by atoms with Crippen molar-refractivity contribution in [3.8, 4) is 10.6 Å². The van der Waals surface area contributed by atoms with Crippen molar-refractivity contribution in [2.75, 3.05) is 13.1 Å². The molecule has 3 nitrogen and oxygen atoms in total. The monoisotopic (exact) mass is 368 g/mol. The molecule has 2 heterocycles. The molecule has 2 aromatic rings. The number of amides is 1. The lowest BCUT2D eigenvalue weighted by Crippen LogP contribution is -2.44. The molecule has 0 spiro atoms. The van der Waals surface area contributed by atoms with Gasteiger partial charge in [-0.15, -0.1) is 11.3 Å². The minimum absolute atomic E-state index is 0.0827. The summed E-state index contributed by atoms with van der Waals surface area (Å²) in [5.41, 5.74) is 2.35. The molecule has 1 aliphatic heterocycles. The van der Waals surface area contributed by atoms with E-state index in [-0.39, 0.29) is 18.7 Å². The van der Waals surface area contributed by atoms with Crippen LogP contribution in [0.5, 0.6) is 0 Å². The average molecular weight is 368 g/mol. The van der Waals surface area contributed by atoms with E-state index in [1.807, 2.05) is 24.3 Å². The second-order valence-corrected chi connectivity index (χ2v) is 7.08. The van der Waals surface area contributed by atoms with Gasteiger partial charge in [0.25, 0.3) is 5.91 Å². The van der Waals surface area contributed by atoms with Crippen LogP contribution in [0.15, 0.2) is 29.6 Å². The van der Waals surface area contributed by atoms with E-state index in [0.29, 0.717) is 18.0 Å². The zero-order chi connectivity index (χ0) is 18.0. The van der Waals surface area contributed by atoms with Gasteiger partial charge >= 0.3 is 6.18 Å². The van der Waals surface area contributed by atoms with E-state index in [2.05, 4.69) is 11.9 Å². The number of carbonyl (C=O) groups excluding carboxylic acids is 1. The van der Waals surface area contributed by atoms with Crippen LogP contribution in [0.3, 0.4) is 0 Å². The Bertz CT molecular complexity index is 740. The predicted octanol–water partition coefficient (Wildman–Crippen LogP) is 4.79. The van der Waals surface area contributed by atoms with Gasteiger partial charge in [-0.1, -0.05) is 31.2 Å². The first kappa shape index (κ1) is 17.9. The number of thiazole rings is 1. The first-order chi connectivity index (χ1) is 11.9. The Morgan fingerprint density at radius 2 is 2.04 bits per heavy atom. The van der Waals surface area contributed by atoms with E-state index in [1.54, 1.807) is 5.38 Å². The molecule has 0 radical (unpaired) electrons. The van der Waals surface area contributed by atoms with Crippen LogP contribution >= 0.6 is 11.3 Å². The molecule has 1 amide bonds. The van der Waals surface area contributed by atoms with Gasteiger partial charge in [0, 0.05) is 24.0 Å². The number of benzene rings is 1. The van der Waals surface area contributed by atoms with Gasteiger partial charge in [0.2, 0.25) is 0 Å². The largest absolute Gasteiger partial charge is 0.393 e.